The lowest BCUT2D eigenvalue weighted by atomic mass is 9.96. The summed E-state index contributed by atoms with van der Waals surface area (Å²) < 4.78 is 25.8. The number of hydrogen-bond acceptors (Lipinski definition) is 4. The van der Waals surface area contributed by atoms with Crippen LogP contribution in [-0.4, -0.2) is 55.9 Å². The van der Waals surface area contributed by atoms with E-state index in [9.17, 15) is 8.42 Å². The van der Waals surface area contributed by atoms with Gasteiger partial charge in [-0.05, 0) is 52.1 Å². The second-order valence-electron chi connectivity index (χ2n) is 5.23. The first kappa shape index (κ1) is 15.9. The van der Waals surface area contributed by atoms with Crippen LogP contribution >= 0.6 is 0 Å². The number of nitrogens with zero attached hydrogens (tertiary/aromatic N) is 1. The van der Waals surface area contributed by atoms with E-state index in [1.54, 1.807) is 0 Å². The molecule has 0 unspecified atom stereocenters. The van der Waals surface area contributed by atoms with Gasteiger partial charge in [-0.2, -0.15) is 4.31 Å². The van der Waals surface area contributed by atoms with Crippen LogP contribution < -0.4 is 5.32 Å². The smallest absolute Gasteiger partial charge is 0.214 e. The summed E-state index contributed by atoms with van der Waals surface area (Å²) in [4.78, 5) is 0. The molecule has 0 aromatic rings. The van der Waals surface area contributed by atoms with Crippen molar-refractivity contribution in [3.8, 4) is 0 Å². The van der Waals surface area contributed by atoms with E-state index in [1.165, 1.54) is 4.31 Å². The third-order valence-corrected chi connectivity index (χ3v) is 5.57. The van der Waals surface area contributed by atoms with E-state index in [4.69, 9.17) is 5.11 Å². The average Bonchev–Trinajstić information content (AvgIpc) is 2.34. The normalized spacial score (nSPS) is 18.7. The van der Waals surface area contributed by atoms with Gasteiger partial charge in [-0.1, -0.05) is 0 Å². The summed E-state index contributed by atoms with van der Waals surface area (Å²) in [5.74, 6) is 0.722. The molecule has 0 radical (unpaired) electrons. The maximum Gasteiger partial charge on any atom is 0.214 e. The number of aliphatic hydroxyl groups is 1. The molecule has 1 aliphatic rings. The van der Waals surface area contributed by atoms with Crippen LogP contribution in [0, 0.1) is 5.92 Å². The highest BCUT2D eigenvalue weighted by Crippen LogP contribution is 2.18. The van der Waals surface area contributed by atoms with Crippen LogP contribution in [-0.2, 0) is 10.0 Å². The lowest BCUT2D eigenvalue weighted by Gasteiger charge is -2.27. The lowest BCUT2D eigenvalue weighted by Crippen LogP contribution is -2.41. The van der Waals surface area contributed by atoms with Gasteiger partial charge in [0.25, 0.3) is 0 Å². The molecule has 5 nitrogen and oxygen atoms in total. The van der Waals surface area contributed by atoms with Gasteiger partial charge in [0.05, 0.1) is 12.4 Å². The average molecular weight is 278 g/mol. The van der Waals surface area contributed by atoms with Crippen molar-refractivity contribution in [2.45, 2.75) is 39.2 Å². The van der Waals surface area contributed by atoms with Gasteiger partial charge in [-0.25, -0.2) is 8.42 Å². The first-order chi connectivity index (χ1) is 8.47. The van der Waals surface area contributed by atoms with E-state index in [0.29, 0.717) is 5.92 Å². The van der Waals surface area contributed by atoms with E-state index in [2.05, 4.69) is 5.32 Å². The molecular formula is C12H26N2O3S. The molecule has 0 atom stereocenters. The van der Waals surface area contributed by atoms with Crippen molar-refractivity contribution in [3.63, 3.8) is 0 Å². The number of nitrogens with one attached hydrogen (secondary N) is 1. The summed E-state index contributed by atoms with van der Waals surface area (Å²) in [6, 6.07) is -0.0878. The molecule has 1 aliphatic heterocycles. The molecule has 0 aromatic carbocycles. The molecule has 0 aliphatic carbocycles. The van der Waals surface area contributed by atoms with E-state index < -0.39 is 10.0 Å². The second kappa shape index (κ2) is 7.43. The molecule has 1 fully saturated rings. The minimum absolute atomic E-state index is 0.0878. The lowest BCUT2D eigenvalue weighted by molar-refractivity contribution is 0.236. The second-order valence-corrected chi connectivity index (χ2v) is 7.27. The topological polar surface area (TPSA) is 69.6 Å². The molecule has 0 aromatic heterocycles. The van der Waals surface area contributed by atoms with Crippen LogP contribution in [0.15, 0.2) is 0 Å². The van der Waals surface area contributed by atoms with Crippen LogP contribution in [0.3, 0.4) is 0 Å². The highest BCUT2D eigenvalue weighted by atomic mass is 32.2. The number of piperidine rings is 1. The van der Waals surface area contributed by atoms with E-state index >= 15 is 0 Å². The van der Waals surface area contributed by atoms with Crippen LogP contribution in [0.25, 0.3) is 0 Å². The number of sulfonamides is 1. The Morgan fingerprint density at radius 2 is 1.94 bits per heavy atom. The third kappa shape index (κ3) is 4.84. The van der Waals surface area contributed by atoms with Crippen molar-refractivity contribution in [1.82, 2.24) is 9.62 Å². The molecule has 6 heteroatoms. The quantitative estimate of drug-likeness (QED) is 0.707. The van der Waals surface area contributed by atoms with Crippen molar-refractivity contribution in [1.29, 1.82) is 0 Å². The maximum absolute atomic E-state index is 12.2. The SMILES string of the molecule is CC(C)N(CCO)S(=O)(=O)CCC1CCNCC1. The highest BCUT2D eigenvalue weighted by Gasteiger charge is 2.25. The largest absolute Gasteiger partial charge is 0.395 e. The predicted molar refractivity (Wildman–Crippen MR) is 72.9 cm³/mol. The third-order valence-electron chi connectivity index (χ3n) is 3.50. The predicted octanol–water partition coefficient (Wildman–Crippen LogP) is 0.409. The van der Waals surface area contributed by atoms with E-state index in [1.807, 2.05) is 13.8 Å². The summed E-state index contributed by atoms with van der Waals surface area (Å²) in [6.07, 6.45) is 2.87. The summed E-state index contributed by atoms with van der Waals surface area (Å²) in [5, 5.41) is 12.2. The maximum atomic E-state index is 12.2. The van der Waals surface area contributed by atoms with Gasteiger partial charge in [0.2, 0.25) is 10.0 Å². The fraction of sp³-hybridized carbons (Fsp3) is 1.00. The van der Waals surface area contributed by atoms with Crippen LogP contribution in [0.2, 0.25) is 0 Å². The molecule has 0 spiro atoms. The van der Waals surface area contributed by atoms with Gasteiger partial charge in [0.15, 0.2) is 0 Å². The minimum atomic E-state index is -3.23. The molecule has 108 valence electrons. The van der Waals surface area contributed by atoms with E-state index in [0.717, 1.165) is 32.4 Å². The first-order valence-electron chi connectivity index (χ1n) is 6.78. The Labute approximate surface area is 111 Å². The van der Waals surface area contributed by atoms with Gasteiger partial charge < -0.3 is 10.4 Å². The highest BCUT2D eigenvalue weighted by molar-refractivity contribution is 7.89. The Morgan fingerprint density at radius 1 is 1.33 bits per heavy atom. The minimum Gasteiger partial charge on any atom is -0.395 e. The van der Waals surface area contributed by atoms with Gasteiger partial charge in [0, 0.05) is 12.6 Å². The van der Waals surface area contributed by atoms with Gasteiger partial charge >= 0.3 is 0 Å². The molecule has 0 bridgehead atoms. The van der Waals surface area contributed by atoms with Crippen molar-refractivity contribution < 1.29 is 13.5 Å². The molecule has 1 heterocycles. The van der Waals surface area contributed by atoms with Crippen molar-refractivity contribution >= 4 is 10.0 Å². The monoisotopic (exact) mass is 278 g/mol. The molecule has 1 rings (SSSR count). The number of aliphatic hydroxyl groups excluding tert-OH is 1. The number of rotatable bonds is 7. The summed E-state index contributed by atoms with van der Waals surface area (Å²) in [7, 11) is -3.23. The zero-order valence-electron chi connectivity index (χ0n) is 11.4. The van der Waals surface area contributed by atoms with Gasteiger partial charge in [-0.3, -0.25) is 0 Å². The Hall–Kier alpha value is -0.170. The Bertz CT molecular complexity index is 324. The molecule has 18 heavy (non-hydrogen) atoms. The van der Waals surface area contributed by atoms with Crippen LogP contribution in [0.5, 0.6) is 0 Å². The van der Waals surface area contributed by atoms with E-state index in [-0.39, 0.29) is 24.9 Å². The Balaban J connectivity index is 2.50. The molecule has 0 saturated carbocycles. The first-order valence-corrected chi connectivity index (χ1v) is 8.39. The molecule has 1 saturated heterocycles. The summed E-state index contributed by atoms with van der Waals surface area (Å²) >= 11 is 0. The van der Waals surface area contributed by atoms with Gasteiger partial charge in [0.1, 0.15) is 0 Å². The number of hydrogen-bond donors (Lipinski definition) is 2. The molecular weight excluding hydrogens is 252 g/mol. The Morgan fingerprint density at radius 3 is 2.44 bits per heavy atom. The molecule has 0 amide bonds. The Kier molecular flexibility index (Phi) is 6.55. The standard InChI is InChI=1S/C12H26N2O3S/c1-11(2)14(8-9-15)18(16,17)10-5-12-3-6-13-7-4-12/h11-13,15H,3-10H2,1-2H3. The van der Waals surface area contributed by atoms with Crippen molar-refractivity contribution in [2.24, 2.45) is 5.92 Å². The summed E-state index contributed by atoms with van der Waals surface area (Å²) in [5.41, 5.74) is 0. The van der Waals surface area contributed by atoms with Crippen molar-refractivity contribution in [3.05, 3.63) is 0 Å². The fourth-order valence-corrected chi connectivity index (χ4v) is 4.29. The van der Waals surface area contributed by atoms with Crippen molar-refractivity contribution in [2.75, 3.05) is 32.0 Å². The zero-order valence-corrected chi connectivity index (χ0v) is 12.2. The zero-order chi connectivity index (χ0) is 13.6. The summed E-state index contributed by atoms with van der Waals surface area (Å²) in [6.45, 7) is 5.76. The van der Waals surface area contributed by atoms with Gasteiger partial charge in [-0.15, -0.1) is 0 Å². The van der Waals surface area contributed by atoms with Crippen LogP contribution in [0.1, 0.15) is 33.1 Å². The molecule has 2 N–H and O–H groups in total. The van der Waals surface area contributed by atoms with Crippen LogP contribution in [0.4, 0.5) is 0 Å². The fourth-order valence-electron chi connectivity index (χ4n) is 2.42.